The van der Waals surface area contributed by atoms with Gasteiger partial charge in [-0.3, -0.25) is 0 Å². The maximum Gasteiger partial charge on any atom is 0.0588 e. The van der Waals surface area contributed by atoms with Crippen LogP contribution in [0, 0.1) is 11.8 Å². The molecule has 0 radical (unpaired) electrons. The van der Waals surface area contributed by atoms with Crippen LogP contribution in [0.2, 0.25) is 0 Å². The van der Waals surface area contributed by atoms with Crippen molar-refractivity contribution >= 4 is 0 Å². The predicted molar refractivity (Wildman–Crippen MR) is 65.1 cm³/mol. The van der Waals surface area contributed by atoms with E-state index < -0.39 is 0 Å². The highest BCUT2D eigenvalue weighted by atomic mass is 16.5. The Kier molecular flexibility index (Phi) is 5.62. The highest BCUT2D eigenvalue weighted by Gasteiger charge is 2.23. The molecule has 0 aliphatic carbocycles. The van der Waals surface area contributed by atoms with Crippen LogP contribution in [0.15, 0.2) is 0 Å². The lowest BCUT2D eigenvalue weighted by atomic mass is 10.0. The normalized spacial score (nSPS) is 28.6. The van der Waals surface area contributed by atoms with Crippen molar-refractivity contribution in [3.63, 3.8) is 0 Å². The van der Waals surface area contributed by atoms with Crippen LogP contribution in [-0.4, -0.2) is 25.3 Å². The molecule has 2 nitrogen and oxygen atoms in total. The van der Waals surface area contributed by atoms with Crippen LogP contribution in [-0.2, 0) is 4.74 Å². The summed E-state index contributed by atoms with van der Waals surface area (Å²) >= 11 is 0. The van der Waals surface area contributed by atoms with Gasteiger partial charge in [0.05, 0.1) is 6.10 Å². The first kappa shape index (κ1) is 13.0. The molecular weight excluding hydrogens is 186 g/mol. The minimum Gasteiger partial charge on any atom is -0.378 e. The Labute approximate surface area is 94.8 Å². The zero-order chi connectivity index (χ0) is 11.3. The van der Waals surface area contributed by atoms with Crippen LogP contribution >= 0.6 is 0 Å². The maximum atomic E-state index is 5.56. The first-order valence-electron chi connectivity index (χ1n) is 6.44. The van der Waals surface area contributed by atoms with Gasteiger partial charge in [-0.25, -0.2) is 0 Å². The summed E-state index contributed by atoms with van der Waals surface area (Å²) in [5.74, 6) is 1.55. The second-order valence-electron chi connectivity index (χ2n) is 5.41. The van der Waals surface area contributed by atoms with Crippen molar-refractivity contribution in [3.05, 3.63) is 0 Å². The lowest BCUT2D eigenvalue weighted by molar-refractivity contribution is 0.105. The fraction of sp³-hybridized carbons (Fsp3) is 1.00. The summed E-state index contributed by atoms with van der Waals surface area (Å²) in [4.78, 5) is 0. The molecule has 0 saturated carbocycles. The van der Waals surface area contributed by atoms with E-state index in [2.05, 4.69) is 33.0 Å². The van der Waals surface area contributed by atoms with Gasteiger partial charge in [0.25, 0.3) is 0 Å². The van der Waals surface area contributed by atoms with Gasteiger partial charge in [0.1, 0.15) is 0 Å². The molecule has 2 heteroatoms. The van der Waals surface area contributed by atoms with E-state index in [1.54, 1.807) is 0 Å². The van der Waals surface area contributed by atoms with Crippen molar-refractivity contribution in [2.75, 3.05) is 13.2 Å². The molecule has 0 spiro atoms. The SMILES string of the molecule is CC(C)CCC(C)NCC1CCOC1C. The second kappa shape index (κ2) is 6.49. The molecule has 1 fully saturated rings. The quantitative estimate of drug-likeness (QED) is 0.732. The van der Waals surface area contributed by atoms with Crippen molar-refractivity contribution < 1.29 is 4.74 Å². The Morgan fingerprint density at radius 3 is 2.53 bits per heavy atom. The third kappa shape index (κ3) is 4.98. The van der Waals surface area contributed by atoms with Gasteiger partial charge < -0.3 is 10.1 Å². The average Bonchev–Trinajstić information content (AvgIpc) is 2.58. The van der Waals surface area contributed by atoms with Crippen LogP contribution in [0.1, 0.15) is 47.0 Å². The summed E-state index contributed by atoms with van der Waals surface area (Å²) in [5, 5.41) is 3.63. The Hall–Kier alpha value is -0.0800. The molecule has 3 unspecified atom stereocenters. The Morgan fingerprint density at radius 1 is 1.27 bits per heavy atom. The largest absolute Gasteiger partial charge is 0.378 e. The minimum absolute atomic E-state index is 0.454. The molecule has 1 rings (SSSR count). The minimum atomic E-state index is 0.454. The van der Waals surface area contributed by atoms with Crippen LogP contribution in [0.4, 0.5) is 0 Å². The van der Waals surface area contributed by atoms with Crippen molar-refractivity contribution in [3.8, 4) is 0 Å². The smallest absolute Gasteiger partial charge is 0.0588 e. The van der Waals surface area contributed by atoms with Crippen molar-refractivity contribution in [2.24, 2.45) is 11.8 Å². The second-order valence-corrected chi connectivity index (χ2v) is 5.41. The molecule has 0 aromatic heterocycles. The molecule has 1 N–H and O–H groups in total. The van der Waals surface area contributed by atoms with Crippen molar-refractivity contribution in [1.29, 1.82) is 0 Å². The summed E-state index contributed by atoms with van der Waals surface area (Å²) < 4.78 is 5.56. The van der Waals surface area contributed by atoms with Crippen LogP contribution in [0.3, 0.4) is 0 Å². The van der Waals surface area contributed by atoms with E-state index in [4.69, 9.17) is 4.74 Å². The Bertz CT molecular complexity index is 170. The number of hydrogen-bond acceptors (Lipinski definition) is 2. The van der Waals surface area contributed by atoms with Gasteiger partial charge in [-0.15, -0.1) is 0 Å². The average molecular weight is 213 g/mol. The molecule has 0 aromatic rings. The number of nitrogens with one attached hydrogen (secondary N) is 1. The van der Waals surface area contributed by atoms with Gasteiger partial charge in [0.15, 0.2) is 0 Å². The molecule has 0 amide bonds. The standard InChI is InChI=1S/C13H27NO/c1-10(2)5-6-11(3)14-9-13-7-8-15-12(13)4/h10-14H,5-9H2,1-4H3. The fourth-order valence-corrected chi connectivity index (χ4v) is 2.08. The molecule has 1 aliphatic heterocycles. The number of rotatable bonds is 6. The molecule has 15 heavy (non-hydrogen) atoms. The van der Waals surface area contributed by atoms with E-state index in [0.717, 1.165) is 25.0 Å². The third-order valence-corrected chi connectivity index (χ3v) is 3.44. The molecule has 3 atom stereocenters. The van der Waals surface area contributed by atoms with Gasteiger partial charge in [0.2, 0.25) is 0 Å². The van der Waals surface area contributed by atoms with Gasteiger partial charge in [0, 0.05) is 19.2 Å². The van der Waals surface area contributed by atoms with E-state index in [0.29, 0.717) is 12.1 Å². The molecule has 1 saturated heterocycles. The zero-order valence-corrected chi connectivity index (χ0v) is 10.8. The van der Waals surface area contributed by atoms with Gasteiger partial charge in [-0.05, 0) is 44.9 Å². The third-order valence-electron chi connectivity index (χ3n) is 3.44. The predicted octanol–water partition coefficient (Wildman–Crippen LogP) is 2.83. The van der Waals surface area contributed by atoms with Crippen LogP contribution < -0.4 is 5.32 Å². The van der Waals surface area contributed by atoms with Gasteiger partial charge >= 0.3 is 0 Å². The van der Waals surface area contributed by atoms with Crippen LogP contribution in [0.25, 0.3) is 0 Å². The van der Waals surface area contributed by atoms with E-state index in [1.807, 2.05) is 0 Å². The van der Waals surface area contributed by atoms with Gasteiger partial charge in [-0.2, -0.15) is 0 Å². The zero-order valence-electron chi connectivity index (χ0n) is 10.8. The van der Waals surface area contributed by atoms with Gasteiger partial charge in [-0.1, -0.05) is 13.8 Å². The summed E-state index contributed by atoms with van der Waals surface area (Å²) in [5.41, 5.74) is 0. The molecular formula is C13H27NO. The van der Waals surface area contributed by atoms with E-state index >= 15 is 0 Å². The van der Waals surface area contributed by atoms with E-state index in [1.165, 1.54) is 19.3 Å². The first-order chi connectivity index (χ1) is 7.09. The topological polar surface area (TPSA) is 21.3 Å². The summed E-state index contributed by atoms with van der Waals surface area (Å²) in [6.45, 7) is 11.1. The first-order valence-corrected chi connectivity index (χ1v) is 6.44. The van der Waals surface area contributed by atoms with Crippen molar-refractivity contribution in [1.82, 2.24) is 5.32 Å². The maximum absolute atomic E-state index is 5.56. The summed E-state index contributed by atoms with van der Waals surface area (Å²) in [7, 11) is 0. The highest BCUT2D eigenvalue weighted by molar-refractivity contribution is 4.76. The molecule has 0 aromatic carbocycles. The van der Waals surface area contributed by atoms with E-state index in [-0.39, 0.29) is 0 Å². The summed E-state index contributed by atoms with van der Waals surface area (Å²) in [6, 6.07) is 0.653. The Morgan fingerprint density at radius 2 is 2.00 bits per heavy atom. The van der Waals surface area contributed by atoms with Crippen LogP contribution in [0.5, 0.6) is 0 Å². The Balaban J connectivity index is 2.08. The van der Waals surface area contributed by atoms with Crippen molar-refractivity contribution in [2.45, 2.75) is 59.1 Å². The molecule has 1 aliphatic rings. The number of hydrogen-bond donors (Lipinski definition) is 1. The molecule has 1 heterocycles. The molecule has 0 bridgehead atoms. The summed E-state index contributed by atoms with van der Waals surface area (Å²) in [6.07, 6.45) is 4.30. The lowest BCUT2D eigenvalue weighted by Crippen LogP contribution is -2.33. The van der Waals surface area contributed by atoms with E-state index in [9.17, 15) is 0 Å². The fourth-order valence-electron chi connectivity index (χ4n) is 2.08. The number of ether oxygens (including phenoxy) is 1. The molecule has 90 valence electrons. The highest BCUT2D eigenvalue weighted by Crippen LogP contribution is 2.19. The monoisotopic (exact) mass is 213 g/mol. The lowest BCUT2D eigenvalue weighted by Gasteiger charge is -2.19.